The molecule has 1 N–H and O–H groups in total. The van der Waals surface area contributed by atoms with E-state index in [2.05, 4.69) is 36.6 Å². The van der Waals surface area contributed by atoms with E-state index in [-0.39, 0.29) is 12.3 Å². The molecule has 128 valence electrons. The Hall–Kier alpha value is -1.57. The number of hydrogen-bond donors (Lipinski definition) is 1. The molecule has 0 fully saturated rings. The molecule has 0 saturated carbocycles. The highest BCUT2D eigenvalue weighted by Gasteiger charge is 2.19. The molecule has 5 nitrogen and oxygen atoms in total. The van der Waals surface area contributed by atoms with Crippen LogP contribution in [0, 0.1) is 13.8 Å². The smallest absolute Gasteiger partial charge is 0.438 e. The Kier molecular flexibility index (Phi) is 6.26. The van der Waals surface area contributed by atoms with Gasteiger partial charge in [0, 0.05) is 10.0 Å². The van der Waals surface area contributed by atoms with Crippen molar-refractivity contribution in [3.8, 4) is 5.75 Å². The summed E-state index contributed by atoms with van der Waals surface area (Å²) in [5.41, 5.74) is 3.17. The zero-order chi connectivity index (χ0) is 17.9. The first-order valence-corrected chi connectivity index (χ1v) is 8.67. The maximum absolute atomic E-state index is 11.6. The standard InChI is InChI=1S/C17H17Br2NO4/c1-10-7-14(19)16(8-11(10)2)24-9-12-13(18)5-4-6-15(12)20(22)17(21)23-3/h4-8,22H,9H2,1-3H3. The second kappa shape index (κ2) is 8.00. The summed E-state index contributed by atoms with van der Waals surface area (Å²) < 4.78 is 12.0. The number of nitrogens with zero attached hydrogens (tertiary/aromatic N) is 1. The van der Waals surface area contributed by atoms with Crippen LogP contribution in [-0.4, -0.2) is 18.4 Å². The third kappa shape index (κ3) is 4.09. The van der Waals surface area contributed by atoms with Gasteiger partial charge < -0.3 is 9.47 Å². The third-order valence-corrected chi connectivity index (χ3v) is 4.95. The number of rotatable bonds is 4. The fourth-order valence-corrected chi connectivity index (χ4v) is 3.13. The molecule has 0 aliphatic heterocycles. The highest BCUT2D eigenvalue weighted by atomic mass is 79.9. The maximum Gasteiger partial charge on any atom is 0.438 e. The number of amides is 1. The number of hydroxylamine groups is 1. The summed E-state index contributed by atoms with van der Waals surface area (Å²) in [7, 11) is 1.20. The highest BCUT2D eigenvalue weighted by molar-refractivity contribution is 9.10. The number of benzene rings is 2. The van der Waals surface area contributed by atoms with Gasteiger partial charge in [0.05, 0.1) is 17.3 Å². The predicted octanol–water partition coefficient (Wildman–Crippen LogP) is 5.37. The van der Waals surface area contributed by atoms with Crippen LogP contribution in [0.4, 0.5) is 10.5 Å². The van der Waals surface area contributed by atoms with Gasteiger partial charge in [0.1, 0.15) is 12.4 Å². The number of carbonyl (C=O) groups excluding carboxylic acids is 1. The highest BCUT2D eigenvalue weighted by Crippen LogP contribution is 2.32. The summed E-state index contributed by atoms with van der Waals surface area (Å²) in [4.78, 5) is 11.6. The second-order valence-corrected chi connectivity index (χ2v) is 6.88. The summed E-state index contributed by atoms with van der Waals surface area (Å²) in [6, 6.07) is 9.05. The summed E-state index contributed by atoms with van der Waals surface area (Å²) >= 11 is 6.91. The van der Waals surface area contributed by atoms with Crippen LogP contribution in [0.15, 0.2) is 39.3 Å². The Bertz CT molecular complexity index is 764. The minimum Gasteiger partial charge on any atom is -0.488 e. The number of anilines is 1. The number of methoxy groups -OCH3 is 1. The van der Waals surface area contributed by atoms with Gasteiger partial charge in [-0.25, -0.2) is 4.79 Å². The van der Waals surface area contributed by atoms with Gasteiger partial charge in [-0.1, -0.05) is 22.0 Å². The van der Waals surface area contributed by atoms with Gasteiger partial charge in [-0.15, -0.1) is 0 Å². The van der Waals surface area contributed by atoms with Gasteiger partial charge in [0.25, 0.3) is 0 Å². The van der Waals surface area contributed by atoms with Crippen molar-refractivity contribution in [2.24, 2.45) is 0 Å². The number of halogens is 2. The minimum absolute atomic E-state index is 0.159. The van der Waals surface area contributed by atoms with E-state index in [0.29, 0.717) is 20.8 Å². The van der Waals surface area contributed by atoms with Crippen molar-refractivity contribution in [3.05, 3.63) is 56.0 Å². The van der Waals surface area contributed by atoms with Crippen molar-refractivity contribution in [1.82, 2.24) is 0 Å². The summed E-state index contributed by atoms with van der Waals surface area (Å²) in [5, 5.41) is 10.5. The molecule has 0 aliphatic carbocycles. The zero-order valence-electron chi connectivity index (χ0n) is 13.5. The molecule has 0 aromatic heterocycles. The first kappa shape index (κ1) is 18.8. The maximum atomic E-state index is 11.6. The van der Waals surface area contributed by atoms with Crippen LogP contribution in [0.5, 0.6) is 5.75 Å². The molecule has 2 aromatic rings. The normalized spacial score (nSPS) is 10.4. The molecule has 1 amide bonds. The Morgan fingerprint density at radius 1 is 1.17 bits per heavy atom. The lowest BCUT2D eigenvalue weighted by molar-refractivity contribution is 0.140. The first-order chi connectivity index (χ1) is 11.3. The van der Waals surface area contributed by atoms with Crippen molar-refractivity contribution in [3.63, 3.8) is 0 Å². The van der Waals surface area contributed by atoms with Crippen molar-refractivity contribution < 1.29 is 19.5 Å². The fourth-order valence-electron chi connectivity index (χ4n) is 2.09. The number of carbonyl (C=O) groups is 1. The van der Waals surface area contributed by atoms with E-state index in [1.807, 2.05) is 32.0 Å². The molecule has 0 saturated heterocycles. The molecular weight excluding hydrogens is 442 g/mol. The van der Waals surface area contributed by atoms with Crippen LogP contribution in [0.2, 0.25) is 0 Å². The zero-order valence-corrected chi connectivity index (χ0v) is 16.6. The monoisotopic (exact) mass is 457 g/mol. The second-order valence-electron chi connectivity index (χ2n) is 5.17. The number of hydrogen-bond acceptors (Lipinski definition) is 4. The number of aryl methyl sites for hydroxylation is 2. The Labute approximate surface area is 157 Å². The Balaban J connectivity index is 2.30. The van der Waals surface area contributed by atoms with Crippen LogP contribution >= 0.6 is 31.9 Å². The molecule has 0 heterocycles. The molecule has 2 aromatic carbocycles. The average molecular weight is 459 g/mol. The lowest BCUT2D eigenvalue weighted by atomic mass is 10.1. The van der Waals surface area contributed by atoms with Crippen molar-refractivity contribution in [2.45, 2.75) is 20.5 Å². The molecule has 0 bridgehead atoms. The SMILES string of the molecule is COC(=O)N(O)c1cccc(Br)c1COc1cc(C)c(C)cc1Br. The van der Waals surface area contributed by atoms with Gasteiger partial charge in [-0.2, -0.15) is 5.06 Å². The van der Waals surface area contributed by atoms with Gasteiger partial charge in [0.15, 0.2) is 0 Å². The van der Waals surface area contributed by atoms with E-state index in [1.54, 1.807) is 12.1 Å². The summed E-state index contributed by atoms with van der Waals surface area (Å²) in [5.74, 6) is 0.683. The van der Waals surface area contributed by atoms with Crippen LogP contribution in [0.1, 0.15) is 16.7 Å². The van der Waals surface area contributed by atoms with Crippen molar-refractivity contribution in [1.29, 1.82) is 0 Å². The molecule has 0 spiro atoms. The summed E-state index contributed by atoms with van der Waals surface area (Å²) in [6.45, 7) is 4.19. The molecule has 2 rings (SSSR count). The first-order valence-electron chi connectivity index (χ1n) is 7.09. The van der Waals surface area contributed by atoms with E-state index in [4.69, 9.17) is 4.74 Å². The number of ether oxygens (including phenoxy) is 2. The van der Waals surface area contributed by atoms with Crippen LogP contribution in [0.3, 0.4) is 0 Å². The molecular formula is C17H17Br2NO4. The van der Waals surface area contributed by atoms with Crippen LogP contribution < -0.4 is 9.80 Å². The fraction of sp³-hybridized carbons (Fsp3) is 0.235. The lowest BCUT2D eigenvalue weighted by Gasteiger charge is -2.19. The third-order valence-electron chi connectivity index (χ3n) is 3.59. The van der Waals surface area contributed by atoms with E-state index >= 15 is 0 Å². The van der Waals surface area contributed by atoms with Gasteiger partial charge in [0.2, 0.25) is 0 Å². The van der Waals surface area contributed by atoms with E-state index < -0.39 is 6.09 Å². The largest absolute Gasteiger partial charge is 0.488 e. The van der Waals surface area contributed by atoms with Gasteiger partial charge in [-0.3, -0.25) is 5.21 Å². The predicted molar refractivity (Wildman–Crippen MR) is 98.8 cm³/mol. The molecule has 0 aliphatic rings. The molecule has 7 heteroatoms. The lowest BCUT2D eigenvalue weighted by Crippen LogP contribution is -2.28. The van der Waals surface area contributed by atoms with Crippen molar-refractivity contribution in [2.75, 3.05) is 12.2 Å². The van der Waals surface area contributed by atoms with Gasteiger partial charge in [-0.05, 0) is 65.2 Å². The Morgan fingerprint density at radius 2 is 1.83 bits per heavy atom. The van der Waals surface area contributed by atoms with E-state index in [9.17, 15) is 10.0 Å². The van der Waals surface area contributed by atoms with Crippen LogP contribution in [-0.2, 0) is 11.3 Å². The minimum atomic E-state index is -0.873. The molecule has 0 radical (unpaired) electrons. The quantitative estimate of drug-likeness (QED) is 0.494. The van der Waals surface area contributed by atoms with E-state index in [1.165, 1.54) is 7.11 Å². The topological polar surface area (TPSA) is 59.0 Å². The Morgan fingerprint density at radius 3 is 2.50 bits per heavy atom. The molecule has 24 heavy (non-hydrogen) atoms. The van der Waals surface area contributed by atoms with E-state index in [0.717, 1.165) is 15.6 Å². The molecule has 0 atom stereocenters. The van der Waals surface area contributed by atoms with Crippen molar-refractivity contribution >= 4 is 43.6 Å². The van der Waals surface area contributed by atoms with Crippen LogP contribution in [0.25, 0.3) is 0 Å². The molecule has 0 unspecified atom stereocenters. The average Bonchev–Trinajstić information content (AvgIpc) is 2.56. The van der Waals surface area contributed by atoms with Gasteiger partial charge >= 0.3 is 6.09 Å². The summed E-state index contributed by atoms with van der Waals surface area (Å²) in [6.07, 6.45) is -0.873.